The lowest BCUT2D eigenvalue weighted by Crippen LogP contribution is -2.34. The van der Waals surface area contributed by atoms with Gasteiger partial charge in [0.25, 0.3) is 5.91 Å². The van der Waals surface area contributed by atoms with Crippen molar-refractivity contribution in [1.29, 1.82) is 0 Å². The number of benzene rings is 1. The number of nitrogens with zero attached hydrogens (tertiary/aromatic N) is 1. The molecule has 14 heavy (non-hydrogen) atoms. The van der Waals surface area contributed by atoms with E-state index in [1.807, 2.05) is 37.3 Å². The molecule has 3 nitrogen and oxygen atoms in total. The van der Waals surface area contributed by atoms with Gasteiger partial charge in [0, 0.05) is 12.2 Å². The molecule has 0 bridgehead atoms. The molecule has 1 atom stereocenters. The first-order valence-corrected chi connectivity index (χ1v) is 4.81. The highest BCUT2D eigenvalue weighted by molar-refractivity contribution is 5.97. The lowest BCUT2D eigenvalue weighted by molar-refractivity contribution is -0.119. The summed E-state index contributed by atoms with van der Waals surface area (Å²) in [6, 6.07) is 9.67. The van der Waals surface area contributed by atoms with Crippen molar-refractivity contribution in [2.45, 2.75) is 13.0 Å². The zero-order valence-electron chi connectivity index (χ0n) is 8.14. The Labute approximate surface area is 83.3 Å². The molecule has 3 heteroatoms. The van der Waals surface area contributed by atoms with Crippen LogP contribution in [0.2, 0.25) is 0 Å². The molecule has 1 aliphatic rings. The quantitative estimate of drug-likeness (QED) is 0.677. The molecule has 1 saturated heterocycles. The molecule has 1 aromatic rings. The highest BCUT2D eigenvalue weighted by Gasteiger charge is 2.34. The number of likely N-dealkylation sites (N-methyl/N-ethyl adjacent to an activating group) is 1. The largest absolute Gasteiger partial charge is 0.363 e. The molecule has 1 aliphatic heterocycles. The van der Waals surface area contributed by atoms with Crippen molar-refractivity contribution in [3.8, 4) is 0 Å². The van der Waals surface area contributed by atoms with E-state index in [1.54, 1.807) is 4.90 Å². The van der Waals surface area contributed by atoms with Gasteiger partial charge in [0.1, 0.15) is 0 Å². The molecule has 1 fully saturated rings. The maximum atomic E-state index is 11.7. The molecule has 1 aromatic carbocycles. The Morgan fingerprint density at radius 3 is 2.64 bits per heavy atom. The Morgan fingerprint density at radius 2 is 2.14 bits per heavy atom. The van der Waals surface area contributed by atoms with Crippen LogP contribution in [0.25, 0.3) is 0 Å². The summed E-state index contributed by atoms with van der Waals surface area (Å²) in [7, 11) is 0. The zero-order chi connectivity index (χ0) is 9.97. The number of anilines is 1. The van der Waals surface area contributed by atoms with Crippen LogP contribution < -0.4 is 4.90 Å². The SMILES string of the molecule is CCN(C(=O)[C@H]1CO1)c1ccccc1. The molecular formula is C11H13NO2. The smallest absolute Gasteiger partial charge is 0.258 e. The number of epoxide rings is 1. The van der Waals surface area contributed by atoms with Crippen LogP contribution in [0, 0.1) is 0 Å². The molecule has 2 rings (SSSR count). The monoisotopic (exact) mass is 191 g/mol. The molecule has 1 heterocycles. The predicted molar refractivity (Wildman–Crippen MR) is 54.2 cm³/mol. The Morgan fingerprint density at radius 1 is 1.50 bits per heavy atom. The average Bonchev–Trinajstić information content (AvgIpc) is 3.03. The van der Waals surface area contributed by atoms with E-state index in [-0.39, 0.29) is 12.0 Å². The van der Waals surface area contributed by atoms with E-state index in [4.69, 9.17) is 4.74 Å². The van der Waals surface area contributed by atoms with Gasteiger partial charge in [-0.3, -0.25) is 4.79 Å². The van der Waals surface area contributed by atoms with Gasteiger partial charge >= 0.3 is 0 Å². The van der Waals surface area contributed by atoms with Gasteiger partial charge in [-0.2, -0.15) is 0 Å². The fourth-order valence-corrected chi connectivity index (χ4v) is 1.44. The van der Waals surface area contributed by atoms with Crippen molar-refractivity contribution in [3.63, 3.8) is 0 Å². The van der Waals surface area contributed by atoms with Gasteiger partial charge in [-0.1, -0.05) is 18.2 Å². The van der Waals surface area contributed by atoms with Crippen LogP contribution in [0.4, 0.5) is 5.69 Å². The number of ether oxygens (including phenoxy) is 1. The molecule has 0 saturated carbocycles. The number of hydrogen-bond donors (Lipinski definition) is 0. The third-order valence-electron chi connectivity index (χ3n) is 2.26. The normalized spacial score (nSPS) is 19.1. The van der Waals surface area contributed by atoms with Crippen LogP contribution in [-0.2, 0) is 9.53 Å². The van der Waals surface area contributed by atoms with E-state index in [0.717, 1.165) is 5.69 Å². The lowest BCUT2D eigenvalue weighted by atomic mass is 10.2. The van der Waals surface area contributed by atoms with Crippen molar-refractivity contribution >= 4 is 11.6 Å². The third-order valence-corrected chi connectivity index (χ3v) is 2.26. The molecule has 0 aliphatic carbocycles. The third kappa shape index (κ3) is 1.77. The van der Waals surface area contributed by atoms with Gasteiger partial charge in [-0.15, -0.1) is 0 Å². The number of carbonyl (C=O) groups excluding carboxylic acids is 1. The highest BCUT2D eigenvalue weighted by atomic mass is 16.6. The van der Waals surface area contributed by atoms with Gasteiger partial charge in [-0.05, 0) is 19.1 Å². The summed E-state index contributed by atoms with van der Waals surface area (Å²) in [5, 5.41) is 0. The van der Waals surface area contributed by atoms with Gasteiger partial charge in [0.2, 0.25) is 0 Å². The van der Waals surface area contributed by atoms with Crippen molar-refractivity contribution in [2.75, 3.05) is 18.1 Å². The second-order valence-electron chi connectivity index (χ2n) is 3.24. The van der Waals surface area contributed by atoms with E-state index in [1.165, 1.54) is 0 Å². The van der Waals surface area contributed by atoms with E-state index < -0.39 is 0 Å². The Balaban J connectivity index is 2.16. The van der Waals surface area contributed by atoms with E-state index >= 15 is 0 Å². The second-order valence-corrected chi connectivity index (χ2v) is 3.24. The minimum Gasteiger partial charge on any atom is -0.363 e. The standard InChI is InChI=1S/C11H13NO2/c1-2-12(11(13)10-8-14-10)9-6-4-3-5-7-9/h3-7,10H,2,8H2,1H3/t10-/m1/s1. The average molecular weight is 191 g/mol. The summed E-state index contributed by atoms with van der Waals surface area (Å²) in [6.07, 6.45) is -0.199. The van der Waals surface area contributed by atoms with Crippen LogP contribution in [-0.4, -0.2) is 25.2 Å². The fraction of sp³-hybridized carbons (Fsp3) is 0.364. The van der Waals surface area contributed by atoms with Crippen molar-refractivity contribution in [1.82, 2.24) is 0 Å². The maximum absolute atomic E-state index is 11.7. The Hall–Kier alpha value is -1.35. The fourth-order valence-electron chi connectivity index (χ4n) is 1.44. The molecule has 74 valence electrons. The molecular weight excluding hydrogens is 178 g/mol. The summed E-state index contributed by atoms with van der Waals surface area (Å²) in [6.45, 7) is 3.22. The van der Waals surface area contributed by atoms with Crippen LogP contribution in [0.5, 0.6) is 0 Å². The number of rotatable bonds is 3. The second kappa shape index (κ2) is 3.80. The molecule has 0 unspecified atom stereocenters. The van der Waals surface area contributed by atoms with Crippen molar-refractivity contribution in [2.24, 2.45) is 0 Å². The first kappa shape index (κ1) is 9.21. The number of carbonyl (C=O) groups is 1. The zero-order valence-corrected chi connectivity index (χ0v) is 8.14. The Bertz CT molecular complexity index is 319. The minimum atomic E-state index is -0.199. The summed E-state index contributed by atoms with van der Waals surface area (Å²) in [5.41, 5.74) is 0.940. The minimum absolute atomic E-state index is 0.0682. The molecule has 1 amide bonds. The van der Waals surface area contributed by atoms with Gasteiger partial charge in [-0.25, -0.2) is 0 Å². The number of hydrogen-bond acceptors (Lipinski definition) is 2. The molecule has 0 aromatic heterocycles. The summed E-state index contributed by atoms with van der Waals surface area (Å²) < 4.78 is 4.98. The number of para-hydroxylation sites is 1. The lowest BCUT2D eigenvalue weighted by Gasteiger charge is -2.19. The summed E-state index contributed by atoms with van der Waals surface area (Å²) >= 11 is 0. The van der Waals surface area contributed by atoms with Gasteiger partial charge < -0.3 is 9.64 Å². The van der Waals surface area contributed by atoms with Gasteiger partial charge in [0.15, 0.2) is 6.10 Å². The van der Waals surface area contributed by atoms with Crippen LogP contribution in [0.1, 0.15) is 6.92 Å². The van der Waals surface area contributed by atoms with Crippen LogP contribution in [0.15, 0.2) is 30.3 Å². The van der Waals surface area contributed by atoms with Gasteiger partial charge in [0.05, 0.1) is 6.61 Å². The molecule has 0 radical (unpaired) electrons. The van der Waals surface area contributed by atoms with E-state index in [0.29, 0.717) is 13.2 Å². The topological polar surface area (TPSA) is 32.8 Å². The first-order chi connectivity index (χ1) is 6.83. The van der Waals surface area contributed by atoms with Crippen molar-refractivity contribution < 1.29 is 9.53 Å². The van der Waals surface area contributed by atoms with Crippen LogP contribution in [0.3, 0.4) is 0 Å². The number of amides is 1. The van der Waals surface area contributed by atoms with Crippen molar-refractivity contribution in [3.05, 3.63) is 30.3 Å². The predicted octanol–water partition coefficient (Wildman–Crippen LogP) is 1.44. The summed E-state index contributed by atoms with van der Waals surface area (Å²) in [4.78, 5) is 13.5. The maximum Gasteiger partial charge on any atom is 0.258 e. The Kier molecular flexibility index (Phi) is 2.50. The first-order valence-electron chi connectivity index (χ1n) is 4.81. The van der Waals surface area contributed by atoms with E-state index in [2.05, 4.69) is 0 Å². The molecule has 0 N–H and O–H groups in total. The van der Waals surface area contributed by atoms with E-state index in [9.17, 15) is 4.79 Å². The highest BCUT2D eigenvalue weighted by Crippen LogP contribution is 2.19. The summed E-state index contributed by atoms with van der Waals surface area (Å²) in [5.74, 6) is 0.0682. The van der Waals surface area contributed by atoms with Crippen LogP contribution >= 0.6 is 0 Å². The molecule has 0 spiro atoms.